The highest BCUT2D eigenvalue weighted by Crippen LogP contribution is 2.24. The van der Waals surface area contributed by atoms with Gasteiger partial charge in [0.25, 0.3) is 0 Å². The van der Waals surface area contributed by atoms with Gasteiger partial charge in [0.05, 0.1) is 5.75 Å². The van der Waals surface area contributed by atoms with E-state index in [1.54, 1.807) is 6.07 Å². The van der Waals surface area contributed by atoms with Crippen molar-refractivity contribution in [1.29, 1.82) is 0 Å². The Hall–Kier alpha value is -2.01. The minimum absolute atomic E-state index is 0.0507. The Kier molecular flexibility index (Phi) is 5.44. The van der Waals surface area contributed by atoms with E-state index in [0.717, 1.165) is 10.5 Å². The second-order valence-corrected chi connectivity index (χ2v) is 6.45. The van der Waals surface area contributed by atoms with Crippen LogP contribution in [0.15, 0.2) is 45.7 Å². The van der Waals surface area contributed by atoms with Crippen LogP contribution in [0, 0.1) is 5.92 Å². The lowest BCUT2D eigenvalue weighted by atomic mass is 10.0. The zero-order valence-electron chi connectivity index (χ0n) is 12.5. The summed E-state index contributed by atoms with van der Waals surface area (Å²) in [7, 11) is 0. The van der Waals surface area contributed by atoms with E-state index in [4.69, 9.17) is 9.52 Å². The molecule has 1 aromatic heterocycles. The Labute approximate surface area is 133 Å². The lowest BCUT2D eigenvalue weighted by molar-refractivity contribution is 0.0660. The van der Waals surface area contributed by atoms with Crippen LogP contribution in [0.3, 0.4) is 0 Å². The van der Waals surface area contributed by atoms with Crippen LogP contribution >= 0.6 is 11.8 Å². The summed E-state index contributed by atoms with van der Waals surface area (Å²) in [6.45, 7) is 4.05. The second kappa shape index (κ2) is 7.31. The number of furan rings is 1. The summed E-state index contributed by atoms with van der Waals surface area (Å²) in [6.07, 6.45) is 0.552. The fourth-order valence-corrected chi connectivity index (χ4v) is 2.74. The highest BCUT2D eigenvalue weighted by atomic mass is 32.2. The van der Waals surface area contributed by atoms with E-state index < -0.39 is 5.97 Å². The van der Waals surface area contributed by atoms with Crippen molar-refractivity contribution in [3.8, 4) is 0 Å². The molecule has 22 heavy (non-hydrogen) atoms. The molecule has 2 rings (SSSR count). The van der Waals surface area contributed by atoms with Crippen LogP contribution < -0.4 is 0 Å². The fourth-order valence-electron chi connectivity index (χ4n) is 1.95. The van der Waals surface area contributed by atoms with Gasteiger partial charge in [0.1, 0.15) is 5.76 Å². The molecule has 0 saturated heterocycles. The first-order valence-electron chi connectivity index (χ1n) is 7.04. The molecule has 0 radical (unpaired) electrons. The third-order valence-corrected chi connectivity index (χ3v) is 4.06. The molecule has 0 saturated carbocycles. The molecule has 0 unspecified atom stereocenters. The van der Waals surface area contributed by atoms with Crippen molar-refractivity contribution in [2.75, 3.05) is 0 Å². The van der Waals surface area contributed by atoms with Gasteiger partial charge in [-0.25, -0.2) is 4.79 Å². The number of hydrogen-bond donors (Lipinski definition) is 1. The molecule has 1 aromatic carbocycles. The van der Waals surface area contributed by atoms with Crippen LogP contribution in [-0.4, -0.2) is 16.9 Å². The Balaban J connectivity index is 1.93. The number of rotatable bonds is 7. The quantitative estimate of drug-likeness (QED) is 0.601. The van der Waals surface area contributed by atoms with Crippen molar-refractivity contribution in [2.24, 2.45) is 5.92 Å². The van der Waals surface area contributed by atoms with Crippen molar-refractivity contribution in [1.82, 2.24) is 0 Å². The van der Waals surface area contributed by atoms with E-state index in [2.05, 4.69) is 0 Å². The van der Waals surface area contributed by atoms with Crippen LogP contribution in [0.25, 0.3) is 0 Å². The van der Waals surface area contributed by atoms with Crippen LogP contribution in [0.4, 0.5) is 0 Å². The molecule has 116 valence electrons. The average Bonchev–Trinajstić information content (AvgIpc) is 2.94. The minimum atomic E-state index is -1.07. The zero-order chi connectivity index (χ0) is 16.1. The molecule has 0 spiro atoms. The highest BCUT2D eigenvalue weighted by molar-refractivity contribution is 7.98. The summed E-state index contributed by atoms with van der Waals surface area (Å²) in [5.74, 6) is 0.552. The van der Waals surface area contributed by atoms with Crippen molar-refractivity contribution in [3.63, 3.8) is 0 Å². The molecule has 1 N–H and O–H groups in total. The van der Waals surface area contributed by atoms with Gasteiger partial charge in [-0.15, -0.1) is 11.8 Å². The van der Waals surface area contributed by atoms with Gasteiger partial charge in [0, 0.05) is 16.9 Å². The number of Topliss-reactive ketones (excluding diaryl/α,β-unsaturated/α-hetero) is 1. The van der Waals surface area contributed by atoms with E-state index in [0.29, 0.717) is 23.9 Å². The molecule has 0 aliphatic heterocycles. The average molecular weight is 318 g/mol. The molecule has 0 aliphatic rings. The Morgan fingerprint density at radius 3 is 2.36 bits per heavy atom. The van der Waals surface area contributed by atoms with Crippen molar-refractivity contribution >= 4 is 23.5 Å². The Bertz CT molecular complexity index is 656. The number of thioether (sulfide) groups is 1. The van der Waals surface area contributed by atoms with Gasteiger partial charge in [-0.3, -0.25) is 4.79 Å². The minimum Gasteiger partial charge on any atom is -0.475 e. The van der Waals surface area contributed by atoms with Crippen LogP contribution in [-0.2, 0) is 5.75 Å². The first-order valence-corrected chi connectivity index (χ1v) is 8.02. The zero-order valence-corrected chi connectivity index (χ0v) is 13.4. The van der Waals surface area contributed by atoms with Gasteiger partial charge in [-0.1, -0.05) is 26.0 Å². The molecule has 1 heterocycles. The SMILES string of the molecule is CC(C)CC(=O)c1ccc(SCc2ccc(C(=O)O)o2)cc1. The molecule has 0 fully saturated rings. The molecule has 0 amide bonds. The number of carbonyl (C=O) groups is 2. The predicted molar refractivity (Wildman–Crippen MR) is 85.5 cm³/mol. The summed E-state index contributed by atoms with van der Waals surface area (Å²) in [4.78, 5) is 23.7. The van der Waals surface area contributed by atoms with Crippen molar-refractivity contribution < 1.29 is 19.1 Å². The smallest absolute Gasteiger partial charge is 0.371 e. The fraction of sp³-hybridized carbons (Fsp3) is 0.294. The normalized spacial score (nSPS) is 10.9. The monoisotopic (exact) mass is 318 g/mol. The standard InChI is InChI=1S/C17H18O4S/c1-11(2)9-15(18)12-3-6-14(7-4-12)22-10-13-5-8-16(21-13)17(19)20/h3-8,11H,9-10H2,1-2H3,(H,19,20). The number of carboxylic acid groups (broad SMARTS) is 1. The van der Waals surface area contributed by atoms with Gasteiger partial charge in [-0.2, -0.15) is 0 Å². The maximum absolute atomic E-state index is 11.9. The molecule has 2 aromatic rings. The molecule has 5 heteroatoms. The lowest BCUT2D eigenvalue weighted by Crippen LogP contribution is -2.03. The molecular formula is C17H18O4S. The first-order chi connectivity index (χ1) is 10.5. The molecular weight excluding hydrogens is 300 g/mol. The van der Waals surface area contributed by atoms with Crippen LogP contribution in [0.2, 0.25) is 0 Å². The van der Waals surface area contributed by atoms with Gasteiger partial charge in [-0.05, 0) is 30.2 Å². The van der Waals surface area contributed by atoms with E-state index in [-0.39, 0.29) is 11.5 Å². The number of carbonyl (C=O) groups excluding carboxylic acids is 1. The highest BCUT2D eigenvalue weighted by Gasteiger charge is 2.10. The number of hydrogen-bond acceptors (Lipinski definition) is 4. The molecule has 4 nitrogen and oxygen atoms in total. The predicted octanol–water partition coefficient (Wildman–Crippen LogP) is 4.50. The van der Waals surface area contributed by atoms with E-state index in [1.165, 1.54) is 17.8 Å². The van der Waals surface area contributed by atoms with Crippen molar-refractivity contribution in [3.05, 3.63) is 53.5 Å². The van der Waals surface area contributed by atoms with Crippen LogP contribution in [0.1, 0.15) is 46.9 Å². The van der Waals surface area contributed by atoms with Crippen LogP contribution in [0.5, 0.6) is 0 Å². The van der Waals surface area contributed by atoms with E-state index in [1.807, 2.05) is 38.1 Å². The topological polar surface area (TPSA) is 67.5 Å². The largest absolute Gasteiger partial charge is 0.475 e. The third-order valence-electron chi connectivity index (χ3n) is 3.02. The maximum Gasteiger partial charge on any atom is 0.371 e. The maximum atomic E-state index is 11.9. The summed E-state index contributed by atoms with van der Waals surface area (Å²) >= 11 is 1.53. The summed E-state index contributed by atoms with van der Waals surface area (Å²) in [6, 6.07) is 10.6. The van der Waals surface area contributed by atoms with Gasteiger partial charge in [0.15, 0.2) is 5.78 Å². The number of carboxylic acids is 1. The number of benzene rings is 1. The summed E-state index contributed by atoms with van der Waals surface area (Å²) < 4.78 is 5.20. The van der Waals surface area contributed by atoms with Crippen molar-refractivity contribution in [2.45, 2.75) is 30.9 Å². The lowest BCUT2D eigenvalue weighted by Gasteiger charge is -2.05. The number of aromatic carboxylic acids is 1. The summed E-state index contributed by atoms with van der Waals surface area (Å²) in [5.41, 5.74) is 0.726. The summed E-state index contributed by atoms with van der Waals surface area (Å²) in [5, 5.41) is 8.80. The van der Waals surface area contributed by atoms with E-state index >= 15 is 0 Å². The first kappa shape index (κ1) is 16.4. The molecule has 0 aliphatic carbocycles. The Morgan fingerprint density at radius 2 is 1.82 bits per heavy atom. The molecule has 0 bridgehead atoms. The second-order valence-electron chi connectivity index (χ2n) is 5.41. The van der Waals surface area contributed by atoms with Gasteiger partial charge >= 0.3 is 5.97 Å². The Morgan fingerprint density at radius 1 is 1.14 bits per heavy atom. The van der Waals surface area contributed by atoms with Gasteiger partial charge < -0.3 is 9.52 Å². The number of ketones is 1. The van der Waals surface area contributed by atoms with E-state index in [9.17, 15) is 9.59 Å². The third kappa shape index (κ3) is 4.49. The van der Waals surface area contributed by atoms with Gasteiger partial charge in [0.2, 0.25) is 5.76 Å². The molecule has 0 atom stereocenters.